The number of ether oxygens (including phenoxy) is 3. The van der Waals surface area contributed by atoms with Gasteiger partial charge in [0.2, 0.25) is 6.79 Å². The molecular weight excluding hydrogens is 465 g/mol. The van der Waals surface area contributed by atoms with Crippen molar-refractivity contribution < 1.29 is 24.1 Å². The van der Waals surface area contributed by atoms with Gasteiger partial charge in [-0.2, -0.15) is 5.10 Å². The van der Waals surface area contributed by atoms with Crippen LogP contribution in [0.2, 0.25) is 0 Å². The maximum atomic E-state index is 11.9. The quantitative estimate of drug-likeness (QED) is 0.318. The van der Waals surface area contributed by atoms with E-state index in [-0.39, 0.29) is 25.0 Å². The highest BCUT2D eigenvalue weighted by Crippen LogP contribution is 2.34. The van der Waals surface area contributed by atoms with Crippen LogP contribution in [0, 0.1) is 3.57 Å². The van der Waals surface area contributed by atoms with Crippen molar-refractivity contribution in [3.8, 4) is 23.0 Å². The van der Waals surface area contributed by atoms with Crippen molar-refractivity contribution in [1.29, 1.82) is 0 Å². The second kappa shape index (κ2) is 8.80. The Balaban J connectivity index is 1.53. The van der Waals surface area contributed by atoms with Crippen LogP contribution in [0.3, 0.4) is 0 Å². The highest BCUT2D eigenvalue weighted by atomic mass is 127. The maximum Gasteiger partial charge on any atom is 0.259 e. The van der Waals surface area contributed by atoms with Crippen LogP contribution in [0.5, 0.6) is 23.0 Å². The summed E-state index contributed by atoms with van der Waals surface area (Å²) in [4.78, 5) is 11.9. The average Bonchev–Trinajstić information content (AvgIpc) is 3.12. The third kappa shape index (κ3) is 4.94. The molecule has 0 aliphatic carbocycles. The molecular formula is C18H18IN3O5. The summed E-state index contributed by atoms with van der Waals surface area (Å²) in [5.74, 6) is 1.49. The molecule has 8 nitrogen and oxygen atoms in total. The van der Waals surface area contributed by atoms with Gasteiger partial charge in [-0.1, -0.05) is 0 Å². The Morgan fingerprint density at radius 1 is 1.33 bits per heavy atom. The van der Waals surface area contributed by atoms with E-state index in [1.165, 1.54) is 6.21 Å². The molecule has 0 atom stereocenters. The number of phenolic OH excluding ortho intramolecular Hbond substituents is 1. The molecule has 2 aromatic carbocycles. The number of nitrogens with one attached hydrogen (secondary N) is 2. The van der Waals surface area contributed by atoms with Crippen LogP contribution < -0.4 is 25.0 Å². The maximum absolute atomic E-state index is 11.9. The van der Waals surface area contributed by atoms with Crippen molar-refractivity contribution in [1.82, 2.24) is 5.43 Å². The normalized spacial score (nSPS) is 12.2. The highest BCUT2D eigenvalue weighted by molar-refractivity contribution is 14.1. The van der Waals surface area contributed by atoms with Crippen molar-refractivity contribution in [2.75, 3.05) is 25.3 Å². The van der Waals surface area contributed by atoms with Gasteiger partial charge < -0.3 is 24.6 Å². The second-order valence-electron chi connectivity index (χ2n) is 5.50. The number of amides is 1. The van der Waals surface area contributed by atoms with Crippen molar-refractivity contribution >= 4 is 40.4 Å². The van der Waals surface area contributed by atoms with Crippen LogP contribution in [0.1, 0.15) is 12.5 Å². The lowest BCUT2D eigenvalue weighted by Crippen LogP contribution is -2.25. The molecule has 0 fully saturated rings. The number of benzene rings is 2. The molecule has 0 saturated carbocycles. The van der Waals surface area contributed by atoms with Gasteiger partial charge in [0, 0.05) is 11.8 Å². The van der Waals surface area contributed by atoms with Gasteiger partial charge in [0.05, 0.1) is 22.9 Å². The Labute approximate surface area is 169 Å². The Morgan fingerprint density at radius 2 is 2.15 bits per heavy atom. The zero-order chi connectivity index (χ0) is 19.2. The summed E-state index contributed by atoms with van der Waals surface area (Å²) in [6.45, 7) is 2.52. The standard InChI is InChI=1S/C18H18IN3O5/c1-2-25-16-6-11(5-13(19)18(16)24)8-21-22-17(23)9-20-12-3-4-14-15(7-12)27-10-26-14/h3-8,20,24H,2,9-10H2,1H3,(H,22,23)/b21-8-. The summed E-state index contributed by atoms with van der Waals surface area (Å²) in [5.41, 5.74) is 3.89. The Morgan fingerprint density at radius 3 is 2.96 bits per heavy atom. The first-order chi connectivity index (χ1) is 13.1. The summed E-state index contributed by atoms with van der Waals surface area (Å²) < 4.78 is 16.5. The van der Waals surface area contributed by atoms with E-state index in [0.29, 0.717) is 33.0 Å². The molecule has 142 valence electrons. The van der Waals surface area contributed by atoms with Gasteiger partial charge in [-0.05, 0) is 59.3 Å². The Kier molecular flexibility index (Phi) is 6.22. The fourth-order valence-corrected chi connectivity index (χ4v) is 2.97. The predicted octanol–water partition coefficient (Wildman–Crippen LogP) is 2.69. The minimum absolute atomic E-state index is 0.0499. The summed E-state index contributed by atoms with van der Waals surface area (Å²) in [5, 5.41) is 16.9. The Bertz CT molecular complexity index is 872. The number of carbonyl (C=O) groups is 1. The van der Waals surface area contributed by atoms with E-state index in [4.69, 9.17) is 14.2 Å². The van der Waals surface area contributed by atoms with Gasteiger partial charge in [0.1, 0.15) is 0 Å². The lowest BCUT2D eigenvalue weighted by atomic mass is 10.2. The van der Waals surface area contributed by atoms with E-state index in [1.807, 2.05) is 29.5 Å². The number of phenols is 1. The first kappa shape index (κ1) is 19.1. The van der Waals surface area contributed by atoms with E-state index < -0.39 is 0 Å². The molecule has 0 unspecified atom stereocenters. The van der Waals surface area contributed by atoms with Crippen LogP contribution in [0.15, 0.2) is 35.4 Å². The number of aromatic hydroxyl groups is 1. The number of anilines is 1. The van der Waals surface area contributed by atoms with E-state index in [1.54, 1.807) is 30.3 Å². The fourth-order valence-electron chi connectivity index (χ4n) is 2.34. The minimum Gasteiger partial charge on any atom is -0.504 e. The third-order valence-corrected chi connectivity index (χ3v) is 4.40. The van der Waals surface area contributed by atoms with E-state index >= 15 is 0 Å². The number of halogens is 1. The molecule has 1 aliphatic heterocycles. The lowest BCUT2D eigenvalue weighted by Gasteiger charge is -2.08. The van der Waals surface area contributed by atoms with Gasteiger partial charge in [-0.3, -0.25) is 4.79 Å². The first-order valence-electron chi connectivity index (χ1n) is 8.17. The molecule has 1 heterocycles. The van der Waals surface area contributed by atoms with Crippen LogP contribution in [0.25, 0.3) is 0 Å². The molecule has 0 radical (unpaired) electrons. The molecule has 3 N–H and O–H groups in total. The van der Waals surface area contributed by atoms with Gasteiger partial charge >= 0.3 is 0 Å². The predicted molar refractivity (Wildman–Crippen MR) is 109 cm³/mol. The van der Waals surface area contributed by atoms with Crippen LogP contribution in [-0.2, 0) is 4.79 Å². The monoisotopic (exact) mass is 483 g/mol. The summed E-state index contributed by atoms with van der Waals surface area (Å²) in [6.07, 6.45) is 1.49. The molecule has 0 saturated heterocycles. The number of rotatable bonds is 7. The molecule has 27 heavy (non-hydrogen) atoms. The Hall–Kier alpha value is -2.69. The summed E-state index contributed by atoms with van der Waals surface area (Å²) in [6, 6.07) is 8.74. The van der Waals surface area contributed by atoms with Crippen molar-refractivity contribution in [2.24, 2.45) is 5.10 Å². The first-order valence-corrected chi connectivity index (χ1v) is 9.25. The number of carbonyl (C=O) groups excluding carboxylic acids is 1. The zero-order valence-electron chi connectivity index (χ0n) is 14.5. The largest absolute Gasteiger partial charge is 0.504 e. The molecule has 3 rings (SSSR count). The number of hydrogen-bond acceptors (Lipinski definition) is 7. The van der Waals surface area contributed by atoms with Gasteiger partial charge in [-0.25, -0.2) is 5.43 Å². The molecule has 0 spiro atoms. The second-order valence-corrected chi connectivity index (χ2v) is 6.66. The van der Waals surface area contributed by atoms with Gasteiger partial charge in [0.15, 0.2) is 23.0 Å². The molecule has 2 aromatic rings. The van der Waals surface area contributed by atoms with Crippen LogP contribution in [0.4, 0.5) is 5.69 Å². The smallest absolute Gasteiger partial charge is 0.259 e. The van der Waals surface area contributed by atoms with Crippen LogP contribution >= 0.6 is 22.6 Å². The molecule has 1 amide bonds. The van der Waals surface area contributed by atoms with E-state index in [2.05, 4.69) is 15.8 Å². The number of hydrogen-bond donors (Lipinski definition) is 3. The lowest BCUT2D eigenvalue weighted by molar-refractivity contribution is -0.119. The minimum atomic E-state index is -0.303. The molecule has 0 bridgehead atoms. The average molecular weight is 483 g/mol. The zero-order valence-corrected chi connectivity index (χ0v) is 16.6. The van der Waals surface area contributed by atoms with Gasteiger partial charge in [-0.15, -0.1) is 0 Å². The van der Waals surface area contributed by atoms with Crippen molar-refractivity contribution in [3.05, 3.63) is 39.5 Å². The summed E-state index contributed by atoms with van der Waals surface area (Å²) in [7, 11) is 0. The molecule has 0 aromatic heterocycles. The van der Waals surface area contributed by atoms with E-state index in [9.17, 15) is 9.90 Å². The topological polar surface area (TPSA) is 101 Å². The van der Waals surface area contributed by atoms with Crippen molar-refractivity contribution in [3.63, 3.8) is 0 Å². The third-order valence-electron chi connectivity index (χ3n) is 3.58. The van der Waals surface area contributed by atoms with Crippen molar-refractivity contribution in [2.45, 2.75) is 6.92 Å². The van der Waals surface area contributed by atoms with Gasteiger partial charge in [0.25, 0.3) is 5.91 Å². The molecule has 1 aliphatic rings. The SMILES string of the molecule is CCOc1cc(/C=N\NC(=O)CNc2ccc3c(c2)OCO3)cc(I)c1O. The number of hydrazone groups is 1. The molecule has 9 heteroatoms. The highest BCUT2D eigenvalue weighted by Gasteiger charge is 2.13. The van der Waals surface area contributed by atoms with Crippen LogP contribution in [-0.4, -0.2) is 37.2 Å². The number of fused-ring (bicyclic) bond motifs is 1. The fraction of sp³-hybridized carbons (Fsp3) is 0.222. The number of nitrogens with zero attached hydrogens (tertiary/aromatic N) is 1. The summed E-state index contributed by atoms with van der Waals surface area (Å²) >= 11 is 2.00. The van der Waals surface area contributed by atoms with E-state index in [0.717, 1.165) is 5.69 Å².